The van der Waals surface area contributed by atoms with Gasteiger partial charge < -0.3 is 15.8 Å². The Labute approximate surface area is 77.0 Å². The number of thioether (sulfide) groups is 1. The minimum Gasteiger partial charge on any atom is -0.481 e. The fourth-order valence-electron chi connectivity index (χ4n) is 0.952. The van der Waals surface area contributed by atoms with Crippen molar-refractivity contribution in [3.8, 4) is 0 Å². The average Bonchev–Trinajstić information content (AvgIpc) is 2.10. The molecule has 0 radical (unpaired) electrons. The molecular weight excluding hydrogens is 172 g/mol. The average molecular weight is 186 g/mol. The molecule has 1 aliphatic heterocycles. The highest BCUT2D eigenvalue weighted by molar-refractivity contribution is 8.00. The predicted octanol–water partition coefficient (Wildman–Crippen LogP) is 0.999. The van der Waals surface area contributed by atoms with Gasteiger partial charge in [0.25, 0.3) is 0 Å². The van der Waals surface area contributed by atoms with Gasteiger partial charge in [-0.05, 0) is 25.3 Å². The van der Waals surface area contributed by atoms with E-state index in [4.69, 9.17) is 10.5 Å². The molecule has 3 N–H and O–H groups in total. The van der Waals surface area contributed by atoms with E-state index in [9.17, 15) is 0 Å². The molecule has 0 aromatic carbocycles. The zero-order valence-corrected chi connectivity index (χ0v) is 8.37. The Morgan fingerprint density at radius 1 is 1.67 bits per heavy atom. The van der Waals surface area contributed by atoms with Crippen molar-refractivity contribution >= 4 is 11.8 Å². The summed E-state index contributed by atoms with van der Waals surface area (Å²) < 4.78 is 5.08. The Morgan fingerprint density at radius 2 is 2.33 bits per heavy atom. The summed E-state index contributed by atoms with van der Waals surface area (Å²) in [6.45, 7) is 2.07. The molecule has 3 nitrogen and oxygen atoms in total. The number of dihydropyridines is 1. The maximum absolute atomic E-state index is 5.66. The predicted molar refractivity (Wildman–Crippen MR) is 52.4 cm³/mol. The van der Waals surface area contributed by atoms with Gasteiger partial charge in [0.15, 0.2) is 0 Å². The number of methoxy groups -OCH3 is 1. The third kappa shape index (κ3) is 1.69. The third-order valence-corrected chi connectivity index (χ3v) is 2.92. The number of nitrogens with one attached hydrogen (secondary N) is 1. The lowest BCUT2D eigenvalue weighted by Crippen LogP contribution is -2.40. The second-order valence-corrected chi connectivity index (χ2v) is 4.01. The van der Waals surface area contributed by atoms with E-state index >= 15 is 0 Å². The van der Waals surface area contributed by atoms with Crippen molar-refractivity contribution in [3.63, 3.8) is 0 Å². The van der Waals surface area contributed by atoms with Crippen LogP contribution in [0.2, 0.25) is 0 Å². The highest BCUT2D eigenvalue weighted by atomic mass is 32.2. The van der Waals surface area contributed by atoms with Gasteiger partial charge in [0, 0.05) is 0 Å². The van der Waals surface area contributed by atoms with Gasteiger partial charge in [-0.1, -0.05) is 0 Å². The Kier molecular flexibility index (Phi) is 2.57. The molecule has 12 heavy (non-hydrogen) atoms. The number of nitrogens with two attached hydrogens (primary N) is 1. The molecule has 0 saturated heterocycles. The first kappa shape index (κ1) is 9.32. The maximum atomic E-state index is 5.66. The molecule has 1 atom stereocenters. The van der Waals surface area contributed by atoms with Crippen LogP contribution in [0.3, 0.4) is 0 Å². The second kappa shape index (κ2) is 3.31. The smallest absolute Gasteiger partial charge is 0.211 e. The van der Waals surface area contributed by atoms with Crippen molar-refractivity contribution in [1.82, 2.24) is 5.32 Å². The van der Waals surface area contributed by atoms with Gasteiger partial charge in [0.05, 0.1) is 12.8 Å². The fraction of sp³-hybridized carbons (Fsp3) is 0.500. The van der Waals surface area contributed by atoms with Crippen molar-refractivity contribution in [2.45, 2.75) is 11.8 Å². The second-order valence-electron chi connectivity index (χ2n) is 2.76. The first-order valence-corrected chi connectivity index (χ1v) is 4.90. The van der Waals surface area contributed by atoms with E-state index in [0.717, 1.165) is 0 Å². The van der Waals surface area contributed by atoms with Gasteiger partial charge in [-0.15, -0.1) is 11.8 Å². The van der Waals surface area contributed by atoms with Crippen LogP contribution in [0.4, 0.5) is 0 Å². The molecule has 4 heteroatoms. The lowest BCUT2D eigenvalue weighted by Gasteiger charge is -2.30. The van der Waals surface area contributed by atoms with Gasteiger partial charge in [-0.3, -0.25) is 0 Å². The summed E-state index contributed by atoms with van der Waals surface area (Å²) in [5.41, 5.74) is 6.30. The van der Waals surface area contributed by atoms with Crippen LogP contribution in [0.1, 0.15) is 6.92 Å². The minimum absolute atomic E-state index is 0.103. The maximum Gasteiger partial charge on any atom is 0.211 e. The first-order valence-electron chi connectivity index (χ1n) is 3.67. The number of allylic oxidation sites excluding steroid dienone is 1. The monoisotopic (exact) mass is 186 g/mol. The molecule has 0 spiro atoms. The lowest BCUT2D eigenvalue weighted by atomic mass is 10.2. The van der Waals surface area contributed by atoms with Crippen LogP contribution < -0.4 is 11.1 Å². The van der Waals surface area contributed by atoms with Crippen molar-refractivity contribution < 1.29 is 4.74 Å². The van der Waals surface area contributed by atoms with Gasteiger partial charge >= 0.3 is 0 Å². The summed E-state index contributed by atoms with van der Waals surface area (Å²) in [7, 11) is 1.61. The Bertz CT molecular complexity index is 237. The normalized spacial score (nSPS) is 28.6. The highest BCUT2D eigenvalue weighted by Gasteiger charge is 2.24. The van der Waals surface area contributed by atoms with Crippen molar-refractivity contribution in [2.24, 2.45) is 5.73 Å². The molecule has 1 rings (SSSR count). The Hall–Kier alpha value is -0.770. The van der Waals surface area contributed by atoms with Crippen LogP contribution in [0, 0.1) is 0 Å². The Balaban J connectivity index is 2.83. The topological polar surface area (TPSA) is 47.3 Å². The summed E-state index contributed by atoms with van der Waals surface area (Å²) in [6.07, 6.45) is 5.92. The molecule has 1 aliphatic rings. The number of hydrogen-bond acceptors (Lipinski definition) is 4. The zero-order chi connectivity index (χ0) is 9.19. The molecule has 0 fully saturated rings. The minimum atomic E-state index is -0.103. The first-order chi connectivity index (χ1) is 5.61. The molecule has 1 heterocycles. The molecule has 0 aliphatic carbocycles. The van der Waals surface area contributed by atoms with Gasteiger partial charge in [-0.25, -0.2) is 0 Å². The van der Waals surface area contributed by atoms with Crippen molar-refractivity contribution in [1.29, 1.82) is 0 Å². The summed E-state index contributed by atoms with van der Waals surface area (Å²) in [6, 6.07) is 0. The van der Waals surface area contributed by atoms with E-state index in [1.165, 1.54) is 0 Å². The van der Waals surface area contributed by atoms with Gasteiger partial charge in [-0.2, -0.15) is 0 Å². The number of rotatable bonds is 2. The molecular formula is C8H14N2OS. The van der Waals surface area contributed by atoms with E-state index in [1.54, 1.807) is 18.9 Å². The van der Waals surface area contributed by atoms with Crippen LogP contribution in [0.5, 0.6) is 0 Å². The van der Waals surface area contributed by atoms with Gasteiger partial charge in [0.2, 0.25) is 5.88 Å². The lowest BCUT2D eigenvalue weighted by molar-refractivity contribution is 0.246. The van der Waals surface area contributed by atoms with Gasteiger partial charge in [0.1, 0.15) is 4.87 Å². The van der Waals surface area contributed by atoms with E-state index in [2.05, 4.69) is 12.2 Å². The molecule has 0 saturated carbocycles. The van der Waals surface area contributed by atoms with E-state index < -0.39 is 0 Å². The van der Waals surface area contributed by atoms with Crippen molar-refractivity contribution in [2.75, 3.05) is 13.4 Å². The van der Waals surface area contributed by atoms with E-state index in [-0.39, 0.29) is 4.87 Å². The summed E-state index contributed by atoms with van der Waals surface area (Å²) >= 11 is 1.70. The summed E-state index contributed by atoms with van der Waals surface area (Å²) in [5, 5.41) is 3.19. The molecule has 0 bridgehead atoms. The van der Waals surface area contributed by atoms with Crippen LogP contribution in [-0.2, 0) is 4.74 Å². The SMILES string of the molecule is COC1=C(N)C=CC(C)(SC)N1. The van der Waals surface area contributed by atoms with Crippen LogP contribution >= 0.6 is 11.8 Å². The zero-order valence-electron chi connectivity index (χ0n) is 7.55. The highest BCUT2D eigenvalue weighted by Crippen LogP contribution is 2.25. The third-order valence-electron chi connectivity index (χ3n) is 1.83. The standard InChI is InChI=1S/C8H14N2OS/c1-8(12-3)5-4-6(9)7(10-8)11-2/h4-5,10H,9H2,1-3H3. The van der Waals surface area contributed by atoms with Crippen LogP contribution in [0.15, 0.2) is 23.7 Å². The fourth-order valence-corrected chi connectivity index (χ4v) is 1.35. The number of hydrogen-bond donors (Lipinski definition) is 2. The molecule has 1 unspecified atom stereocenters. The van der Waals surface area contributed by atoms with E-state index in [0.29, 0.717) is 11.6 Å². The molecule has 0 aromatic heterocycles. The number of ether oxygens (including phenoxy) is 1. The quantitative estimate of drug-likeness (QED) is 0.675. The Morgan fingerprint density at radius 3 is 2.83 bits per heavy atom. The molecule has 0 aromatic rings. The van der Waals surface area contributed by atoms with Crippen LogP contribution in [0.25, 0.3) is 0 Å². The summed E-state index contributed by atoms with van der Waals surface area (Å²) in [5.74, 6) is 0.648. The summed E-state index contributed by atoms with van der Waals surface area (Å²) in [4.78, 5) is -0.103. The largest absolute Gasteiger partial charge is 0.481 e. The van der Waals surface area contributed by atoms with Crippen molar-refractivity contribution in [3.05, 3.63) is 23.7 Å². The van der Waals surface area contributed by atoms with E-state index in [1.807, 2.05) is 18.4 Å². The molecule has 68 valence electrons. The molecule has 0 amide bonds. The van der Waals surface area contributed by atoms with Crippen LogP contribution in [-0.4, -0.2) is 18.2 Å².